The van der Waals surface area contributed by atoms with Gasteiger partial charge in [0.1, 0.15) is 10.8 Å². The lowest BCUT2D eigenvalue weighted by molar-refractivity contribution is 0.290. The molecule has 4 aromatic rings. The van der Waals surface area contributed by atoms with E-state index in [4.69, 9.17) is 9.72 Å². The summed E-state index contributed by atoms with van der Waals surface area (Å²) in [7, 11) is 1.92. The molecule has 0 radical (unpaired) electrons. The normalized spacial score (nSPS) is 11.3. The molecular formula is C25H23FN2OS. The largest absolute Gasteiger partial charge is 0.493 e. The minimum absolute atomic E-state index is 0.360. The predicted octanol–water partition coefficient (Wildman–Crippen LogP) is 6.91. The zero-order chi connectivity index (χ0) is 20.8. The first kappa shape index (κ1) is 20.1. The van der Waals surface area contributed by atoms with Crippen molar-refractivity contribution in [3.05, 3.63) is 77.9 Å². The van der Waals surface area contributed by atoms with E-state index in [0.29, 0.717) is 13.0 Å². The van der Waals surface area contributed by atoms with Crippen LogP contribution in [0.4, 0.5) is 10.1 Å². The van der Waals surface area contributed by atoms with Gasteiger partial charge < -0.3 is 10.1 Å². The summed E-state index contributed by atoms with van der Waals surface area (Å²) in [5, 5.41) is 4.10. The van der Waals surface area contributed by atoms with Gasteiger partial charge in [-0.15, -0.1) is 11.3 Å². The number of fused-ring (bicyclic) bond motifs is 1. The van der Waals surface area contributed by atoms with Crippen LogP contribution in [-0.2, 0) is 0 Å². The van der Waals surface area contributed by atoms with E-state index in [2.05, 4.69) is 66.0 Å². The first-order valence-corrected chi connectivity index (χ1v) is 10.7. The van der Waals surface area contributed by atoms with Gasteiger partial charge in [0.15, 0.2) is 0 Å². The van der Waals surface area contributed by atoms with Gasteiger partial charge in [-0.3, -0.25) is 4.39 Å². The second-order valence-electron chi connectivity index (χ2n) is 6.87. The molecule has 0 aliphatic heterocycles. The average molecular weight is 419 g/mol. The standard InChI is InChI=1S/C25H23FN2OS/c1-27-21-11-7-19(8-12-21)4-3-18-5-9-20(10-6-18)25-28-23-14-13-22(17-24(23)30-25)29-16-2-15-26/h3-14,17,27H,2,15-16H2,1H3/b4-3+. The zero-order valence-corrected chi connectivity index (χ0v) is 17.6. The molecule has 0 unspecified atom stereocenters. The molecule has 3 nitrogen and oxygen atoms in total. The summed E-state index contributed by atoms with van der Waals surface area (Å²) in [6.45, 7) is 0.0308. The molecule has 1 heterocycles. The molecule has 0 aliphatic carbocycles. The third kappa shape index (κ3) is 4.86. The van der Waals surface area contributed by atoms with Gasteiger partial charge in [0.2, 0.25) is 0 Å². The number of aromatic nitrogens is 1. The maximum Gasteiger partial charge on any atom is 0.124 e. The molecule has 152 valence electrons. The van der Waals surface area contributed by atoms with Crippen molar-refractivity contribution in [1.29, 1.82) is 0 Å². The number of nitrogens with zero attached hydrogens (tertiary/aromatic N) is 1. The van der Waals surface area contributed by atoms with Crippen LogP contribution in [-0.4, -0.2) is 25.3 Å². The summed E-state index contributed by atoms with van der Waals surface area (Å²) in [4.78, 5) is 4.74. The molecule has 5 heteroatoms. The number of alkyl halides is 1. The number of nitrogens with one attached hydrogen (secondary N) is 1. The number of ether oxygens (including phenoxy) is 1. The van der Waals surface area contributed by atoms with Crippen LogP contribution < -0.4 is 10.1 Å². The SMILES string of the molecule is CNc1ccc(/C=C/c2ccc(-c3nc4ccc(OCCCF)cc4s3)cc2)cc1. The Morgan fingerprint density at radius 1 is 0.967 bits per heavy atom. The smallest absolute Gasteiger partial charge is 0.124 e. The molecule has 1 aromatic heterocycles. The molecule has 3 aromatic carbocycles. The van der Waals surface area contributed by atoms with Crippen LogP contribution in [0.25, 0.3) is 32.9 Å². The number of halogens is 1. The lowest BCUT2D eigenvalue weighted by Crippen LogP contribution is -1.97. The van der Waals surface area contributed by atoms with Gasteiger partial charge >= 0.3 is 0 Å². The fourth-order valence-corrected chi connectivity index (χ4v) is 4.05. The maximum absolute atomic E-state index is 12.2. The van der Waals surface area contributed by atoms with Crippen molar-refractivity contribution < 1.29 is 9.13 Å². The van der Waals surface area contributed by atoms with Crippen molar-refractivity contribution in [3.63, 3.8) is 0 Å². The number of rotatable bonds is 8. The Balaban J connectivity index is 1.47. The lowest BCUT2D eigenvalue weighted by Gasteiger charge is -2.03. The maximum atomic E-state index is 12.2. The molecule has 4 rings (SSSR count). The summed E-state index contributed by atoms with van der Waals surface area (Å²) in [5.41, 5.74) is 5.44. The van der Waals surface area contributed by atoms with Crippen molar-refractivity contribution in [1.82, 2.24) is 4.98 Å². The van der Waals surface area contributed by atoms with Gasteiger partial charge in [0.25, 0.3) is 0 Å². The molecule has 1 N–H and O–H groups in total. The molecule has 0 saturated carbocycles. The van der Waals surface area contributed by atoms with Crippen LogP contribution in [0.5, 0.6) is 5.75 Å². The van der Waals surface area contributed by atoms with Crippen LogP contribution in [0.15, 0.2) is 66.7 Å². The van der Waals surface area contributed by atoms with Crippen molar-refractivity contribution >= 4 is 39.4 Å². The van der Waals surface area contributed by atoms with Crippen LogP contribution in [0.1, 0.15) is 17.5 Å². The predicted molar refractivity (Wildman–Crippen MR) is 126 cm³/mol. The summed E-state index contributed by atoms with van der Waals surface area (Å²) < 4.78 is 18.9. The van der Waals surface area contributed by atoms with Gasteiger partial charge in [0, 0.05) is 24.7 Å². The van der Waals surface area contributed by atoms with Crippen LogP contribution in [0.3, 0.4) is 0 Å². The van der Waals surface area contributed by atoms with Crippen molar-refractivity contribution in [3.8, 4) is 16.3 Å². The number of hydrogen-bond acceptors (Lipinski definition) is 4. The topological polar surface area (TPSA) is 34.2 Å². The minimum Gasteiger partial charge on any atom is -0.493 e. The molecule has 0 saturated heterocycles. The highest BCUT2D eigenvalue weighted by Gasteiger charge is 2.07. The highest BCUT2D eigenvalue weighted by atomic mass is 32.1. The van der Waals surface area contributed by atoms with Crippen molar-refractivity contribution in [2.24, 2.45) is 0 Å². The summed E-state index contributed by atoms with van der Waals surface area (Å²) in [6, 6.07) is 22.5. The number of hydrogen-bond donors (Lipinski definition) is 1. The van der Waals surface area contributed by atoms with Crippen LogP contribution in [0.2, 0.25) is 0 Å². The Morgan fingerprint density at radius 2 is 1.67 bits per heavy atom. The Kier molecular flexibility index (Phi) is 6.40. The fraction of sp³-hybridized carbons (Fsp3) is 0.160. The molecule has 0 spiro atoms. The van der Waals surface area contributed by atoms with Gasteiger partial charge in [-0.2, -0.15) is 0 Å². The van der Waals surface area contributed by atoms with E-state index in [-0.39, 0.29) is 6.67 Å². The monoisotopic (exact) mass is 418 g/mol. The average Bonchev–Trinajstić information content (AvgIpc) is 3.22. The summed E-state index contributed by atoms with van der Waals surface area (Å²) in [5.74, 6) is 0.759. The molecule has 0 aliphatic rings. The van der Waals surface area contributed by atoms with Gasteiger partial charge in [0.05, 0.1) is 23.5 Å². The van der Waals surface area contributed by atoms with E-state index in [9.17, 15) is 4.39 Å². The second-order valence-corrected chi connectivity index (χ2v) is 7.90. The molecule has 30 heavy (non-hydrogen) atoms. The third-order valence-electron chi connectivity index (χ3n) is 4.73. The Labute approximate surface area is 179 Å². The Morgan fingerprint density at radius 3 is 2.33 bits per heavy atom. The van der Waals surface area contributed by atoms with E-state index >= 15 is 0 Å². The quantitative estimate of drug-likeness (QED) is 0.249. The highest BCUT2D eigenvalue weighted by Crippen LogP contribution is 2.32. The Hall–Kier alpha value is -3.18. The van der Waals surface area contributed by atoms with Crippen molar-refractivity contribution in [2.45, 2.75) is 6.42 Å². The lowest BCUT2D eigenvalue weighted by atomic mass is 10.1. The second kappa shape index (κ2) is 9.55. The first-order chi connectivity index (χ1) is 14.7. The molecule has 0 atom stereocenters. The van der Waals surface area contributed by atoms with E-state index < -0.39 is 0 Å². The number of thiazole rings is 1. The molecule has 0 bridgehead atoms. The van der Waals surface area contributed by atoms with E-state index in [1.807, 2.05) is 25.2 Å². The number of anilines is 1. The third-order valence-corrected chi connectivity index (χ3v) is 5.80. The van der Waals surface area contributed by atoms with E-state index in [1.54, 1.807) is 11.3 Å². The fourth-order valence-electron chi connectivity index (χ4n) is 3.05. The van der Waals surface area contributed by atoms with Crippen LogP contribution >= 0.6 is 11.3 Å². The molecular weight excluding hydrogens is 395 g/mol. The Bertz CT molecular complexity index is 1130. The van der Waals surface area contributed by atoms with Gasteiger partial charge in [-0.05, 0) is 41.5 Å². The summed E-state index contributed by atoms with van der Waals surface area (Å²) in [6.07, 6.45) is 4.63. The number of benzene rings is 3. The van der Waals surface area contributed by atoms with E-state index in [1.165, 1.54) is 0 Å². The molecule has 0 fully saturated rings. The molecule has 0 amide bonds. The van der Waals surface area contributed by atoms with E-state index in [0.717, 1.165) is 43.4 Å². The highest BCUT2D eigenvalue weighted by molar-refractivity contribution is 7.21. The van der Waals surface area contributed by atoms with Gasteiger partial charge in [-0.1, -0.05) is 48.6 Å². The van der Waals surface area contributed by atoms with Crippen LogP contribution in [0, 0.1) is 0 Å². The first-order valence-electron chi connectivity index (χ1n) is 9.91. The van der Waals surface area contributed by atoms with Gasteiger partial charge in [-0.25, -0.2) is 4.98 Å². The zero-order valence-electron chi connectivity index (χ0n) is 16.8. The minimum atomic E-state index is -0.360. The van der Waals surface area contributed by atoms with Crippen molar-refractivity contribution in [2.75, 3.05) is 25.6 Å². The summed E-state index contributed by atoms with van der Waals surface area (Å²) >= 11 is 1.63.